The topological polar surface area (TPSA) is 78.5 Å². The molecule has 0 aliphatic carbocycles. The number of urea groups is 1. The van der Waals surface area contributed by atoms with Crippen LogP contribution in [0.2, 0.25) is 0 Å². The van der Waals surface area contributed by atoms with Gasteiger partial charge in [0, 0.05) is 23.8 Å². The van der Waals surface area contributed by atoms with Gasteiger partial charge in [-0.3, -0.25) is 20.2 Å². The lowest BCUT2D eigenvalue weighted by atomic mass is 9.83. The van der Waals surface area contributed by atoms with Gasteiger partial charge in [-0.05, 0) is 23.8 Å². The number of para-hydroxylation sites is 1. The number of rotatable bonds is 1. The Morgan fingerprint density at radius 1 is 1.00 bits per heavy atom. The fourth-order valence-electron chi connectivity index (χ4n) is 3.09. The van der Waals surface area contributed by atoms with Crippen molar-refractivity contribution in [3.63, 3.8) is 0 Å². The molecule has 2 heterocycles. The summed E-state index contributed by atoms with van der Waals surface area (Å²) in [5.74, 6) is -1.38. The van der Waals surface area contributed by atoms with E-state index >= 15 is 0 Å². The van der Waals surface area contributed by atoms with Crippen molar-refractivity contribution in [1.82, 2.24) is 10.6 Å². The molecular weight excluding hydrogens is 294 g/mol. The molecule has 118 valence electrons. The number of nitrogens with one attached hydrogen (secondary N) is 2. The Morgan fingerprint density at radius 3 is 2.22 bits per heavy atom. The van der Waals surface area contributed by atoms with Crippen molar-refractivity contribution < 1.29 is 14.4 Å². The van der Waals surface area contributed by atoms with Crippen molar-refractivity contribution in [1.29, 1.82) is 0 Å². The molecule has 0 aromatic heterocycles. The van der Waals surface area contributed by atoms with Crippen LogP contribution in [0.3, 0.4) is 0 Å². The Kier molecular flexibility index (Phi) is 3.32. The average Bonchev–Trinajstić information content (AvgIpc) is 2.67. The van der Waals surface area contributed by atoms with Crippen LogP contribution in [-0.4, -0.2) is 24.9 Å². The van der Waals surface area contributed by atoms with Gasteiger partial charge in [0.05, 0.1) is 0 Å². The first-order valence-electron chi connectivity index (χ1n) is 7.24. The fourth-order valence-corrected chi connectivity index (χ4v) is 3.09. The Balaban J connectivity index is 2.01. The zero-order valence-electron chi connectivity index (χ0n) is 13.1. The molecule has 23 heavy (non-hydrogen) atoms. The zero-order chi connectivity index (χ0) is 16.8. The molecule has 6 nitrogen and oxygen atoms in total. The van der Waals surface area contributed by atoms with Gasteiger partial charge in [0.15, 0.2) is 0 Å². The number of benzene rings is 1. The van der Waals surface area contributed by atoms with Crippen molar-refractivity contribution >= 4 is 23.5 Å². The Morgan fingerprint density at radius 2 is 1.61 bits per heavy atom. The summed E-state index contributed by atoms with van der Waals surface area (Å²) in [6.45, 7) is 4.18. The summed E-state index contributed by atoms with van der Waals surface area (Å²) in [6, 6.07) is 7.27. The second-order valence-corrected chi connectivity index (χ2v) is 6.07. The van der Waals surface area contributed by atoms with E-state index in [2.05, 4.69) is 30.5 Å². The van der Waals surface area contributed by atoms with Crippen LogP contribution in [0.5, 0.6) is 0 Å². The van der Waals surface area contributed by atoms with Gasteiger partial charge in [-0.15, -0.1) is 0 Å². The van der Waals surface area contributed by atoms with Crippen LogP contribution in [-0.2, 0) is 15.0 Å². The van der Waals surface area contributed by atoms with E-state index < -0.39 is 17.8 Å². The second kappa shape index (κ2) is 5.08. The molecule has 2 aliphatic heterocycles. The molecule has 2 aliphatic rings. The molecule has 1 aromatic carbocycles. The molecule has 0 spiro atoms. The van der Waals surface area contributed by atoms with Crippen molar-refractivity contribution in [3.05, 3.63) is 53.3 Å². The summed E-state index contributed by atoms with van der Waals surface area (Å²) in [5.41, 5.74) is 2.90. The molecule has 1 fully saturated rings. The highest BCUT2D eigenvalue weighted by molar-refractivity contribution is 6.29. The summed E-state index contributed by atoms with van der Waals surface area (Å²) < 4.78 is 0. The van der Waals surface area contributed by atoms with Crippen LogP contribution in [0.1, 0.15) is 19.4 Å². The maximum absolute atomic E-state index is 11.8. The van der Waals surface area contributed by atoms with Gasteiger partial charge in [0.1, 0.15) is 5.57 Å². The number of likely N-dealkylation sites (N-methyl/N-ethyl adjacent to an activating group) is 1. The van der Waals surface area contributed by atoms with Crippen molar-refractivity contribution in [2.45, 2.75) is 19.3 Å². The fraction of sp³-hybridized carbons (Fsp3) is 0.235. The number of anilines is 1. The zero-order valence-corrected chi connectivity index (χ0v) is 13.1. The first kappa shape index (κ1) is 15.0. The minimum atomic E-state index is -0.796. The predicted octanol–water partition coefficient (Wildman–Crippen LogP) is 1.59. The van der Waals surface area contributed by atoms with E-state index in [1.165, 1.54) is 11.6 Å². The minimum Gasteiger partial charge on any atom is -0.347 e. The normalized spacial score (nSPS) is 21.2. The molecule has 6 heteroatoms. The standard InChI is InChI=1S/C17H17N3O3/c1-17(2)11-6-4-5-7-12(11)20(3)13(17)9-8-10-14(21)18-16(23)19-15(10)22/h4-9H,1-3H3,(H2,18,19,21,22,23)/b13-9-. The van der Waals surface area contributed by atoms with E-state index in [4.69, 9.17) is 0 Å². The highest BCUT2D eigenvalue weighted by Gasteiger charge is 2.38. The highest BCUT2D eigenvalue weighted by atomic mass is 16.2. The number of hydrogen-bond acceptors (Lipinski definition) is 4. The summed E-state index contributed by atoms with van der Waals surface area (Å²) in [5, 5.41) is 4.13. The highest BCUT2D eigenvalue weighted by Crippen LogP contribution is 2.46. The first-order valence-corrected chi connectivity index (χ1v) is 7.24. The number of hydrogen-bond donors (Lipinski definition) is 2. The molecule has 3 rings (SSSR count). The maximum atomic E-state index is 11.8. The molecular formula is C17H17N3O3. The number of barbiturate groups is 1. The average molecular weight is 311 g/mol. The van der Waals surface area contributed by atoms with Gasteiger partial charge in [-0.1, -0.05) is 32.0 Å². The number of carbonyl (C=O) groups excluding carboxylic acids is 3. The van der Waals surface area contributed by atoms with Crippen LogP contribution in [0, 0.1) is 0 Å². The maximum Gasteiger partial charge on any atom is 0.328 e. The Hall–Kier alpha value is -2.89. The predicted molar refractivity (Wildman–Crippen MR) is 85.7 cm³/mol. The summed E-state index contributed by atoms with van der Waals surface area (Å²) >= 11 is 0. The third-order valence-electron chi connectivity index (χ3n) is 4.29. The van der Waals surface area contributed by atoms with Crippen LogP contribution in [0.25, 0.3) is 0 Å². The lowest BCUT2D eigenvalue weighted by Gasteiger charge is -2.24. The van der Waals surface area contributed by atoms with Crippen LogP contribution < -0.4 is 15.5 Å². The smallest absolute Gasteiger partial charge is 0.328 e. The van der Waals surface area contributed by atoms with Gasteiger partial charge < -0.3 is 4.90 Å². The van der Waals surface area contributed by atoms with E-state index in [9.17, 15) is 14.4 Å². The van der Waals surface area contributed by atoms with E-state index in [0.29, 0.717) is 0 Å². The summed E-state index contributed by atoms with van der Waals surface area (Å²) in [4.78, 5) is 36.7. The van der Waals surface area contributed by atoms with E-state index in [-0.39, 0.29) is 11.0 Å². The number of fused-ring (bicyclic) bond motifs is 1. The van der Waals surface area contributed by atoms with Crippen molar-refractivity contribution in [2.24, 2.45) is 0 Å². The number of nitrogens with zero attached hydrogens (tertiary/aromatic N) is 1. The number of amides is 4. The molecule has 0 unspecified atom stereocenters. The second-order valence-electron chi connectivity index (χ2n) is 6.07. The molecule has 2 N–H and O–H groups in total. The molecule has 0 radical (unpaired) electrons. The van der Waals surface area contributed by atoms with Gasteiger partial charge in [0.25, 0.3) is 11.8 Å². The minimum absolute atomic E-state index is 0.0859. The summed E-state index contributed by atoms with van der Waals surface area (Å²) in [7, 11) is 1.95. The largest absolute Gasteiger partial charge is 0.347 e. The van der Waals surface area contributed by atoms with Gasteiger partial charge >= 0.3 is 6.03 Å². The van der Waals surface area contributed by atoms with Crippen LogP contribution in [0.4, 0.5) is 10.5 Å². The molecule has 0 saturated carbocycles. The first-order chi connectivity index (χ1) is 10.8. The van der Waals surface area contributed by atoms with E-state index in [1.807, 2.05) is 30.1 Å². The molecule has 1 aromatic rings. The third kappa shape index (κ3) is 2.32. The van der Waals surface area contributed by atoms with Gasteiger partial charge in [-0.2, -0.15) is 0 Å². The molecule has 0 bridgehead atoms. The van der Waals surface area contributed by atoms with Crippen LogP contribution in [0.15, 0.2) is 47.7 Å². The van der Waals surface area contributed by atoms with Crippen LogP contribution >= 0.6 is 0 Å². The van der Waals surface area contributed by atoms with Crippen molar-refractivity contribution in [2.75, 3.05) is 11.9 Å². The Labute approximate surface area is 133 Å². The number of carbonyl (C=O) groups is 3. The number of allylic oxidation sites excluding steroid dienone is 3. The third-order valence-corrected chi connectivity index (χ3v) is 4.29. The molecule has 4 amide bonds. The molecule has 1 saturated heterocycles. The Bertz CT molecular complexity index is 768. The van der Waals surface area contributed by atoms with E-state index in [1.54, 1.807) is 6.08 Å². The van der Waals surface area contributed by atoms with Gasteiger partial charge in [0.2, 0.25) is 0 Å². The van der Waals surface area contributed by atoms with E-state index in [0.717, 1.165) is 11.4 Å². The monoisotopic (exact) mass is 311 g/mol. The lowest BCUT2D eigenvalue weighted by molar-refractivity contribution is -0.124. The molecule has 0 atom stereocenters. The summed E-state index contributed by atoms with van der Waals surface area (Å²) in [6.07, 6.45) is 3.21. The SMILES string of the molecule is CN1/C(=C\C=C2C(=O)NC(=O)NC2=O)C(C)(C)c2ccccc21. The quantitative estimate of drug-likeness (QED) is 0.610. The van der Waals surface area contributed by atoms with Gasteiger partial charge in [-0.25, -0.2) is 4.79 Å². The van der Waals surface area contributed by atoms with Crippen molar-refractivity contribution in [3.8, 4) is 0 Å². The number of imide groups is 2. The lowest BCUT2D eigenvalue weighted by Crippen LogP contribution is -2.51.